The molecule has 4 rings (SSSR count). The van der Waals surface area contributed by atoms with Gasteiger partial charge in [-0.25, -0.2) is 41.4 Å². The zero-order valence-electron chi connectivity index (χ0n) is 34.1. The Kier molecular flexibility index (Phi) is 13.9. The van der Waals surface area contributed by atoms with Crippen LogP contribution in [0.15, 0.2) is 47.5 Å². The van der Waals surface area contributed by atoms with Gasteiger partial charge in [-0.15, -0.1) is 0 Å². The number of aromatic nitrogens is 3. The quantitative estimate of drug-likeness (QED) is 0.266. The van der Waals surface area contributed by atoms with Gasteiger partial charge in [0, 0.05) is 64.8 Å². The summed E-state index contributed by atoms with van der Waals surface area (Å²) < 4.78 is 65.3. The van der Waals surface area contributed by atoms with Crippen molar-refractivity contribution in [1.82, 2.24) is 29.5 Å². The molecular formula is C37H50N10O9S2. The van der Waals surface area contributed by atoms with E-state index in [1.165, 1.54) is 40.5 Å². The van der Waals surface area contributed by atoms with Crippen molar-refractivity contribution in [1.29, 1.82) is 5.26 Å². The second-order valence-corrected chi connectivity index (χ2v) is 19.4. The first-order valence-corrected chi connectivity index (χ1v) is 21.4. The lowest BCUT2D eigenvalue weighted by Crippen LogP contribution is -2.49. The van der Waals surface area contributed by atoms with E-state index in [-0.39, 0.29) is 73.5 Å². The number of hydrogen-bond acceptors (Lipinski definition) is 14. The molecule has 1 aromatic carbocycles. The Balaban J connectivity index is 1.53. The molecule has 2 aromatic heterocycles. The lowest BCUT2D eigenvalue weighted by Gasteiger charge is -2.34. The average Bonchev–Trinajstić information content (AvgIpc) is 3.12. The van der Waals surface area contributed by atoms with Crippen molar-refractivity contribution < 1.29 is 40.7 Å². The van der Waals surface area contributed by atoms with Crippen LogP contribution in [0, 0.1) is 18.3 Å². The molecule has 0 unspecified atom stereocenters. The molecule has 58 heavy (non-hydrogen) atoms. The number of nitriles is 1. The zero-order valence-corrected chi connectivity index (χ0v) is 35.7. The second-order valence-electron chi connectivity index (χ2n) is 15.4. The molecule has 1 fully saturated rings. The standard InChI is InChI=1S/C37H50N10O9S2/c1-25-20-27(22-38)42-33(41-25)45-16-18-47(19-17-45)58(53,54)28-11-13-31(40-23-28)43-32(48)29-21-26(10-12-30(29)44(8)57(9,51)52)24-46(35(50)56-37(5,6)7)15-14-39-34(49)55-36(2,3)4/h10-13,20-21,23H,14-19,24H2,1-9H3,(H,39,49)(H,40,43,48). The summed E-state index contributed by atoms with van der Waals surface area (Å²) in [6.45, 7) is 12.7. The van der Waals surface area contributed by atoms with E-state index in [2.05, 4.69) is 25.6 Å². The number of alkyl carbamates (subject to hydrolysis) is 1. The number of pyridine rings is 1. The van der Waals surface area contributed by atoms with E-state index < -0.39 is 49.3 Å². The van der Waals surface area contributed by atoms with Crippen molar-refractivity contribution >= 4 is 55.6 Å². The maximum atomic E-state index is 13.8. The Morgan fingerprint density at radius 1 is 0.931 bits per heavy atom. The van der Waals surface area contributed by atoms with Gasteiger partial charge in [-0.1, -0.05) is 6.07 Å². The lowest BCUT2D eigenvalue weighted by molar-refractivity contribution is 0.0224. The number of nitrogens with one attached hydrogen (secondary N) is 2. The minimum absolute atomic E-state index is 0.000137. The molecule has 3 aromatic rings. The Bertz CT molecular complexity index is 2260. The van der Waals surface area contributed by atoms with Crippen LogP contribution in [0.3, 0.4) is 0 Å². The molecule has 0 radical (unpaired) electrons. The van der Waals surface area contributed by atoms with Crippen molar-refractivity contribution in [3.63, 3.8) is 0 Å². The predicted octanol–water partition coefficient (Wildman–Crippen LogP) is 3.47. The van der Waals surface area contributed by atoms with E-state index in [9.17, 15) is 36.5 Å². The Labute approximate surface area is 339 Å². The van der Waals surface area contributed by atoms with Gasteiger partial charge in [0.2, 0.25) is 26.0 Å². The van der Waals surface area contributed by atoms with Gasteiger partial charge in [0.1, 0.15) is 33.7 Å². The molecule has 0 spiro atoms. The number of carbonyl (C=O) groups is 3. The molecular weight excluding hydrogens is 793 g/mol. The van der Waals surface area contributed by atoms with Gasteiger partial charge < -0.3 is 29.9 Å². The number of carbonyl (C=O) groups excluding carboxylic acids is 3. The van der Waals surface area contributed by atoms with Gasteiger partial charge in [-0.2, -0.15) is 9.57 Å². The van der Waals surface area contributed by atoms with Crippen LogP contribution in [0.1, 0.15) is 68.9 Å². The van der Waals surface area contributed by atoms with Crippen LogP contribution in [-0.2, 0) is 36.1 Å². The molecule has 0 bridgehead atoms. The molecule has 2 N–H and O–H groups in total. The molecule has 1 aliphatic rings. The van der Waals surface area contributed by atoms with Gasteiger partial charge >= 0.3 is 12.2 Å². The molecule has 0 saturated carbocycles. The summed E-state index contributed by atoms with van der Waals surface area (Å²) in [5, 5.41) is 14.5. The maximum Gasteiger partial charge on any atom is 0.410 e. The first-order valence-electron chi connectivity index (χ1n) is 18.2. The highest BCUT2D eigenvalue weighted by atomic mass is 32.2. The van der Waals surface area contributed by atoms with Crippen LogP contribution >= 0.6 is 0 Å². The Morgan fingerprint density at radius 3 is 2.16 bits per heavy atom. The number of nitrogens with zero attached hydrogens (tertiary/aromatic N) is 8. The van der Waals surface area contributed by atoms with Crippen LogP contribution in [0.4, 0.5) is 27.0 Å². The summed E-state index contributed by atoms with van der Waals surface area (Å²) in [6, 6.07) is 10.6. The van der Waals surface area contributed by atoms with Crippen LogP contribution in [0.5, 0.6) is 0 Å². The number of aryl methyl sites for hydroxylation is 1. The number of ether oxygens (including phenoxy) is 2. The number of amides is 3. The van der Waals surface area contributed by atoms with E-state index in [1.54, 1.807) is 65.5 Å². The first kappa shape index (κ1) is 45.1. The molecule has 3 heterocycles. The van der Waals surface area contributed by atoms with Gasteiger partial charge in [0.15, 0.2) is 0 Å². The van der Waals surface area contributed by atoms with Crippen LogP contribution in [0.2, 0.25) is 0 Å². The molecule has 1 aliphatic heterocycles. The van der Waals surface area contributed by atoms with Crippen LogP contribution in [0.25, 0.3) is 0 Å². The average molecular weight is 843 g/mol. The minimum atomic E-state index is -3.98. The molecule has 19 nitrogen and oxygen atoms in total. The molecule has 0 atom stereocenters. The smallest absolute Gasteiger partial charge is 0.410 e. The van der Waals surface area contributed by atoms with Crippen LogP contribution in [-0.4, -0.2) is 123 Å². The number of sulfonamides is 2. The van der Waals surface area contributed by atoms with E-state index in [4.69, 9.17) is 9.47 Å². The fourth-order valence-electron chi connectivity index (χ4n) is 5.53. The normalized spacial score (nSPS) is 13.9. The predicted molar refractivity (Wildman–Crippen MR) is 215 cm³/mol. The van der Waals surface area contributed by atoms with Gasteiger partial charge in [-0.05, 0) is 84.4 Å². The summed E-state index contributed by atoms with van der Waals surface area (Å²) in [4.78, 5) is 55.1. The summed E-state index contributed by atoms with van der Waals surface area (Å²) in [7, 11) is -6.54. The summed E-state index contributed by atoms with van der Waals surface area (Å²) in [5.41, 5.74) is -0.383. The van der Waals surface area contributed by atoms with Gasteiger partial charge in [0.25, 0.3) is 5.91 Å². The highest BCUT2D eigenvalue weighted by molar-refractivity contribution is 7.92. The number of hydrogen-bond donors (Lipinski definition) is 2. The fraction of sp³-hybridized carbons (Fsp3) is 0.486. The lowest BCUT2D eigenvalue weighted by atomic mass is 10.1. The SMILES string of the molecule is Cc1cc(C#N)nc(N2CCN(S(=O)(=O)c3ccc(NC(=O)c4cc(CN(CCNC(=O)OC(C)(C)C)C(=O)OC(C)(C)C)ccc4N(C)S(C)(=O)=O)nc3)CC2)n1. The highest BCUT2D eigenvalue weighted by Gasteiger charge is 2.31. The fourth-order valence-corrected chi connectivity index (χ4v) is 7.41. The Morgan fingerprint density at radius 2 is 1.59 bits per heavy atom. The third kappa shape index (κ3) is 12.5. The van der Waals surface area contributed by atoms with E-state index in [0.717, 1.165) is 16.8 Å². The maximum absolute atomic E-state index is 13.8. The largest absolute Gasteiger partial charge is 0.444 e. The molecule has 0 aliphatic carbocycles. The van der Waals surface area contributed by atoms with E-state index in [0.29, 0.717) is 17.2 Å². The Hall–Kier alpha value is -5.59. The summed E-state index contributed by atoms with van der Waals surface area (Å²) in [6.07, 6.45) is 0.722. The van der Waals surface area contributed by atoms with Gasteiger partial charge in [0.05, 0.1) is 17.5 Å². The third-order valence-corrected chi connectivity index (χ3v) is 11.4. The van der Waals surface area contributed by atoms with E-state index in [1.807, 2.05) is 6.07 Å². The monoisotopic (exact) mass is 842 g/mol. The van der Waals surface area contributed by atoms with Crippen molar-refractivity contribution in [2.24, 2.45) is 0 Å². The number of benzene rings is 1. The number of anilines is 3. The minimum Gasteiger partial charge on any atom is -0.444 e. The van der Waals surface area contributed by atoms with Crippen molar-refractivity contribution in [2.45, 2.75) is 71.1 Å². The van der Waals surface area contributed by atoms with Gasteiger partial charge in [-0.3, -0.25) is 9.10 Å². The van der Waals surface area contributed by atoms with Crippen LogP contribution < -0.4 is 19.8 Å². The first-order chi connectivity index (χ1) is 26.9. The van der Waals surface area contributed by atoms with Crippen molar-refractivity contribution in [3.8, 4) is 6.07 Å². The number of rotatable bonds is 12. The van der Waals surface area contributed by atoms with Crippen molar-refractivity contribution in [3.05, 3.63) is 65.1 Å². The topological polar surface area (TPSA) is 237 Å². The summed E-state index contributed by atoms with van der Waals surface area (Å²) >= 11 is 0. The molecule has 314 valence electrons. The van der Waals surface area contributed by atoms with Crippen molar-refractivity contribution in [2.75, 3.05) is 67.1 Å². The van der Waals surface area contributed by atoms with E-state index >= 15 is 0 Å². The molecule has 1 saturated heterocycles. The number of piperazine rings is 1. The summed E-state index contributed by atoms with van der Waals surface area (Å²) in [5.74, 6) is -0.430. The molecule has 3 amide bonds. The highest BCUT2D eigenvalue weighted by Crippen LogP contribution is 2.26. The zero-order chi connectivity index (χ0) is 43.2. The molecule has 21 heteroatoms. The second kappa shape index (κ2) is 17.9. The third-order valence-electron chi connectivity index (χ3n) is 8.31.